The highest BCUT2D eigenvalue weighted by molar-refractivity contribution is 6.33. The van der Waals surface area contributed by atoms with Crippen LogP contribution in [-0.2, 0) is 0 Å². The van der Waals surface area contributed by atoms with Gasteiger partial charge in [0, 0.05) is 13.2 Å². The van der Waals surface area contributed by atoms with Gasteiger partial charge in [-0.25, -0.2) is 4.98 Å². The van der Waals surface area contributed by atoms with Gasteiger partial charge in [-0.05, 0) is 24.8 Å². The Labute approximate surface area is 101 Å². The first-order valence-electron chi connectivity index (χ1n) is 5.39. The molecule has 4 N–H and O–H groups in total. The second-order valence-electron chi connectivity index (χ2n) is 3.96. The van der Waals surface area contributed by atoms with E-state index < -0.39 is 0 Å². The highest BCUT2D eigenvalue weighted by atomic mass is 35.5. The predicted octanol–water partition coefficient (Wildman–Crippen LogP) is 2.14. The molecule has 0 aromatic carbocycles. The SMILES string of the molecule is CC(CO)CCCNc1ncc(N)cc1Cl. The van der Waals surface area contributed by atoms with Gasteiger partial charge in [0.1, 0.15) is 5.82 Å². The molecule has 0 radical (unpaired) electrons. The molecule has 1 unspecified atom stereocenters. The van der Waals surface area contributed by atoms with Crippen LogP contribution in [0.25, 0.3) is 0 Å². The number of aliphatic hydroxyl groups excluding tert-OH is 1. The number of nitrogens with zero attached hydrogens (tertiary/aromatic N) is 1. The molecule has 90 valence electrons. The van der Waals surface area contributed by atoms with E-state index in [1.807, 2.05) is 6.92 Å². The minimum Gasteiger partial charge on any atom is -0.397 e. The van der Waals surface area contributed by atoms with Crippen molar-refractivity contribution >= 4 is 23.1 Å². The molecule has 5 heteroatoms. The van der Waals surface area contributed by atoms with Crippen LogP contribution in [0.1, 0.15) is 19.8 Å². The number of nitrogens with one attached hydrogen (secondary N) is 1. The first kappa shape index (κ1) is 13.1. The largest absolute Gasteiger partial charge is 0.397 e. The van der Waals surface area contributed by atoms with E-state index in [4.69, 9.17) is 22.4 Å². The Hall–Kier alpha value is -1.00. The average Bonchev–Trinajstić information content (AvgIpc) is 2.26. The molecule has 1 aromatic heterocycles. The van der Waals surface area contributed by atoms with E-state index >= 15 is 0 Å². The summed E-state index contributed by atoms with van der Waals surface area (Å²) >= 11 is 5.95. The third-order valence-corrected chi connectivity index (χ3v) is 2.63. The molecule has 1 atom stereocenters. The number of nitrogens with two attached hydrogens (primary N) is 1. The third kappa shape index (κ3) is 4.24. The first-order valence-corrected chi connectivity index (χ1v) is 5.77. The molecule has 16 heavy (non-hydrogen) atoms. The molecular weight excluding hydrogens is 226 g/mol. The Bertz CT molecular complexity index is 333. The smallest absolute Gasteiger partial charge is 0.144 e. The molecule has 0 saturated carbocycles. The van der Waals surface area contributed by atoms with Crippen LogP contribution >= 0.6 is 11.6 Å². The molecular formula is C11H18ClN3O. The van der Waals surface area contributed by atoms with Crippen LogP contribution in [0, 0.1) is 5.92 Å². The van der Waals surface area contributed by atoms with Crippen LogP contribution in [0.3, 0.4) is 0 Å². The van der Waals surface area contributed by atoms with E-state index in [9.17, 15) is 0 Å². The van der Waals surface area contributed by atoms with Gasteiger partial charge >= 0.3 is 0 Å². The molecule has 0 aliphatic rings. The van der Waals surface area contributed by atoms with E-state index in [1.165, 1.54) is 0 Å². The van der Waals surface area contributed by atoms with E-state index in [2.05, 4.69) is 10.3 Å². The molecule has 1 heterocycles. The van der Waals surface area contributed by atoms with Crippen LogP contribution in [0.5, 0.6) is 0 Å². The fourth-order valence-electron chi connectivity index (χ4n) is 1.33. The zero-order valence-corrected chi connectivity index (χ0v) is 10.2. The molecule has 0 spiro atoms. The van der Waals surface area contributed by atoms with E-state index in [-0.39, 0.29) is 6.61 Å². The summed E-state index contributed by atoms with van der Waals surface area (Å²) in [4.78, 5) is 4.10. The summed E-state index contributed by atoms with van der Waals surface area (Å²) in [6.45, 7) is 3.05. The molecule has 0 fully saturated rings. The van der Waals surface area contributed by atoms with Crippen LogP contribution in [-0.4, -0.2) is 23.2 Å². The number of hydrogen-bond acceptors (Lipinski definition) is 4. The van der Waals surface area contributed by atoms with Gasteiger partial charge in [-0.1, -0.05) is 18.5 Å². The average molecular weight is 244 g/mol. The number of aliphatic hydroxyl groups is 1. The lowest BCUT2D eigenvalue weighted by Gasteiger charge is -2.09. The van der Waals surface area contributed by atoms with Crippen LogP contribution in [0.15, 0.2) is 12.3 Å². The molecule has 1 aromatic rings. The molecule has 4 nitrogen and oxygen atoms in total. The van der Waals surface area contributed by atoms with Crippen LogP contribution < -0.4 is 11.1 Å². The maximum Gasteiger partial charge on any atom is 0.144 e. The van der Waals surface area contributed by atoms with Crippen molar-refractivity contribution in [3.63, 3.8) is 0 Å². The highest BCUT2D eigenvalue weighted by Crippen LogP contribution is 2.20. The number of aromatic nitrogens is 1. The Kier molecular flexibility index (Phi) is 5.35. The summed E-state index contributed by atoms with van der Waals surface area (Å²) in [5.41, 5.74) is 6.10. The quantitative estimate of drug-likeness (QED) is 0.670. The van der Waals surface area contributed by atoms with Crippen molar-refractivity contribution in [1.29, 1.82) is 0 Å². The minimum atomic E-state index is 0.237. The zero-order chi connectivity index (χ0) is 12.0. The summed E-state index contributed by atoms with van der Waals surface area (Å²) in [6, 6.07) is 1.67. The summed E-state index contributed by atoms with van der Waals surface area (Å²) in [7, 11) is 0. The number of hydrogen-bond donors (Lipinski definition) is 3. The van der Waals surface area contributed by atoms with Gasteiger partial charge in [-0.15, -0.1) is 0 Å². The van der Waals surface area contributed by atoms with E-state index in [1.54, 1.807) is 12.3 Å². The second kappa shape index (κ2) is 6.55. The first-order chi connectivity index (χ1) is 7.63. The number of halogens is 1. The van der Waals surface area contributed by atoms with Crippen molar-refractivity contribution in [2.45, 2.75) is 19.8 Å². The van der Waals surface area contributed by atoms with Gasteiger partial charge in [0.15, 0.2) is 0 Å². The van der Waals surface area contributed by atoms with Gasteiger partial charge in [-0.3, -0.25) is 0 Å². The second-order valence-corrected chi connectivity index (χ2v) is 4.36. The fraction of sp³-hybridized carbons (Fsp3) is 0.545. The van der Waals surface area contributed by atoms with Crippen molar-refractivity contribution in [2.24, 2.45) is 5.92 Å². The van der Waals surface area contributed by atoms with Crippen molar-refractivity contribution < 1.29 is 5.11 Å². The van der Waals surface area contributed by atoms with Crippen molar-refractivity contribution in [1.82, 2.24) is 4.98 Å². The van der Waals surface area contributed by atoms with Gasteiger partial charge in [0.2, 0.25) is 0 Å². The molecule has 0 saturated heterocycles. The Balaban J connectivity index is 2.32. The molecule has 0 aliphatic heterocycles. The monoisotopic (exact) mass is 243 g/mol. The molecule has 0 bridgehead atoms. The normalized spacial score (nSPS) is 12.4. The van der Waals surface area contributed by atoms with E-state index in [0.29, 0.717) is 22.4 Å². The Morgan fingerprint density at radius 2 is 2.38 bits per heavy atom. The fourth-order valence-corrected chi connectivity index (χ4v) is 1.57. The number of rotatable bonds is 6. The van der Waals surface area contributed by atoms with Crippen LogP contribution in [0.2, 0.25) is 5.02 Å². The number of nitrogen functional groups attached to an aromatic ring is 1. The lowest BCUT2D eigenvalue weighted by Crippen LogP contribution is -2.07. The Morgan fingerprint density at radius 3 is 3.00 bits per heavy atom. The van der Waals surface area contributed by atoms with Crippen molar-refractivity contribution in [2.75, 3.05) is 24.2 Å². The topological polar surface area (TPSA) is 71.2 Å². The zero-order valence-electron chi connectivity index (χ0n) is 9.41. The van der Waals surface area contributed by atoms with Gasteiger partial charge in [0.05, 0.1) is 16.9 Å². The lowest BCUT2D eigenvalue weighted by atomic mass is 10.1. The summed E-state index contributed by atoms with van der Waals surface area (Å²) < 4.78 is 0. The summed E-state index contributed by atoms with van der Waals surface area (Å²) in [5, 5.41) is 12.5. The third-order valence-electron chi connectivity index (χ3n) is 2.34. The van der Waals surface area contributed by atoms with Gasteiger partial charge in [0.25, 0.3) is 0 Å². The summed E-state index contributed by atoms with van der Waals surface area (Å²) in [5.74, 6) is 1.00. The van der Waals surface area contributed by atoms with Crippen molar-refractivity contribution in [3.05, 3.63) is 17.3 Å². The summed E-state index contributed by atoms with van der Waals surface area (Å²) in [6.07, 6.45) is 3.53. The molecule has 0 aliphatic carbocycles. The maximum absolute atomic E-state index is 8.86. The maximum atomic E-state index is 8.86. The number of anilines is 2. The minimum absolute atomic E-state index is 0.237. The van der Waals surface area contributed by atoms with E-state index in [0.717, 1.165) is 19.4 Å². The van der Waals surface area contributed by atoms with Gasteiger partial charge in [-0.2, -0.15) is 0 Å². The highest BCUT2D eigenvalue weighted by Gasteiger charge is 2.02. The van der Waals surface area contributed by atoms with Gasteiger partial charge < -0.3 is 16.2 Å². The van der Waals surface area contributed by atoms with Crippen molar-refractivity contribution in [3.8, 4) is 0 Å². The molecule has 1 rings (SSSR count). The lowest BCUT2D eigenvalue weighted by molar-refractivity contribution is 0.229. The number of pyridine rings is 1. The standard InChI is InChI=1S/C11H18ClN3O/c1-8(7-16)3-2-4-14-11-10(12)5-9(13)6-15-11/h5-6,8,16H,2-4,7,13H2,1H3,(H,14,15). The predicted molar refractivity (Wildman–Crippen MR) is 67.6 cm³/mol. The molecule has 0 amide bonds. The Morgan fingerprint density at radius 1 is 1.62 bits per heavy atom. The van der Waals surface area contributed by atoms with Crippen LogP contribution in [0.4, 0.5) is 11.5 Å².